The number of sulfone groups is 1. The first-order chi connectivity index (χ1) is 15.7. The average Bonchev–Trinajstić information content (AvgIpc) is 3.29. The molecule has 4 rings (SSSR count). The Balaban J connectivity index is 1.39. The summed E-state index contributed by atoms with van der Waals surface area (Å²) in [5.74, 6) is -0.444. The number of rotatable bonds is 6. The van der Waals surface area contributed by atoms with Crippen molar-refractivity contribution < 1.29 is 26.3 Å². The average molecular weight is 497 g/mol. The van der Waals surface area contributed by atoms with Crippen LogP contribution in [-0.2, 0) is 16.3 Å². The van der Waals surface area contributed by atoms with Gasteiger partial charge in [0.1, 0.15) is 5.75 Å². The van der Waals surface area contributed by atoms with E-state index in [0.717, 1.165) is 34.9 Å². The number of anilines is 1. The van der Waals surface area contributed by atoms with Crippen molar-refractivity contribution in [3.63, 3.8) is 0 Å². The summed E-state index contributed by atoms with van der Waals surface area (Å²) < 4.78 is 66.7. The molecule has 0 bridgehead atoms. The number of alkyl halides is 3. The SMILES string of the molecule is CCc1ccc(-c2csc(N3CCC(S(=O)(=O)c4ccc(OC(F)(F)F)cc4)CC3)n2)cc1. The van der Waals surface area contributed by atoms with Gasteiger partial charge in [-0.3, -0.25) is 0 Å². The second kappa shape index (κ2) is 9.34. The van der Waals surface area contributed by atoms with Crippen LogP contribution >= 0.6 is 11.3 Å². The quantitative estimate of drug-likeness (QED) is 0.437. The summed E-state index contributed by atoms with van der Waals surface area (Å²) in [6.45, 7) is 3.19. The van der Waals surface area contributed by atoms with Crippen LogP contribution in [0.15, 0.2) is 58.8 Å². The zero-order chi connectivity index (χ0) is 23.6. The van der Waals surface area contributed by atoms with Crippen LogP contribution < -0.4 is 9.64 Å². The lowest BCUT2D eigenvalue weighted by atomic mass is 10.1. The van der Waals surface area contributed by atoms with E-state index in [1.807, 2.05) is 5.38 Å². The number of thiazole rings is 1. The van der Waals surface area contributed by atoms with Crippen LogP contribution in [0.4, 0.5) is 18.3 Å². The van der Waals surface area contributed by atoms with Gasteiger partial charge in [-0.15, -0.1) is 24.5 Å². The van der Waals surface area contributed by atoms with Crippen LogP contribution in [0.1, 0.15) is 25.3 Å². The molecule has 3 aromatic rings. The maximum absolute atomic E-state index is 13.0. The number of ether oxygens (including phenoxy) is 1. The summed E-state index contributed by atoms with van der Waals surface area (Å²) in [4.78, 5) is 6.82. The van der Waals surface area contributed by atoms with E-state index in [2.05, 4.69) is 40.8 Å². The Kier molecular flexibility index (Phi) is 6.67. The van der Waals surface area contributed by atoms with Gasteiger partial charge in [-0.05, 0) is 49.1 Å². The number of halogens is 3. The van der Waals surface area contributed by atoms with Gasteiger partial charge in [-0.25, -0.2) is 13.4 Å². The Morgan fingerprint density at radius 1 is 1.06 bits per heavy atom. The Morgan fingerprint density at radius 3 is 2.27 bits per heavy atom. The molecule has 0 unspecified atom stereocenters. The summed E-state index contributed by atoms with van der Waals surface area (Å²) in [5.41, 5.74) is 3.21. The molecule has 176 valence electrons. The van der Waals surface area contributed by atoms with Crippen molar-refractivity contribution in [3.05, 3.63) is 59.5 Å². The molecule has 0 saturated carbocycles. The fraction of sp³-hybridized carbons (Fsp3) is 0.348. The lowest BCUT2D eigenvalue weighted by Crippen LogP contribution is -2.39. The molecule has 10 heteroatoms. The first-order valence-electron chi connectivity index (χ1n) is 10.6. The van der Waals surface area contributed by atoms with Crippen molar-refractivity contribution in [1.29, 1.82) is 0 Å². The topological polar surface area (TPSA) is 59.5 Å². The molecule has 1 aliphatic rings. The van der Waals surface area contributed by atoms with Gasteiger partial charge in [0.05, 0.1) is 15.8 Å². The molecule has 1 fully saturated rings. The number of hydrogen-bond acceptors (Lipinski definition) is 6. The van der Waals surface area contributed by atoms with Gasteiger partial charge in [0, 0.05) is 24.0 Å². The van der Waals surface area contributed by atoms with Crippen molar-refractivity contribution in [1.82, 2.24) is 4.98 Å². The molecule has 1 saturated heterocycles. The van der Waals surface area contributed by atoms with Crippen molar-refractivity contribution in [3.8, 4) is 17.0 Å². The lowest BCUT2D eigenvalue weighted by Gasteiger charge is -2.31. The Hall–Kier alpha value is -2.59. The fourth-order valence-electron chi connectivity index (χ4n) is 3.83. The van der Waals surface area contributed by atoms with Crippen LogP contribution in [0, 0.1) is 0 Å². The van der Waals surface area contributed by atoms with E-state index in [1.165, 1.54) is 29.0 Å². The highest BCUT2D eigenvalue weighted by Gasteiger charge is 2.33. The summed E-state index contributed by atoms with van der Waals surface area (Å²) in [6, 6.07) is 12.7. The summed E-state index contributed by atoms with van der Waals surface area (Å²) >= 11 is 1.53. The molecule has 0 N–H and O–H groups in total. The molecule has 5 nitrogen and oxygen atoms in total. The fourth-order valence-corrected chi connectivity index (χ4v) is 6.45. The van der Waals surface area contributed by atoms with E-state index in [0.29, 0.717) is 25.9 Å². The van der Waals surface area contributed by atoms with Crippen molar-refractivity contribution in [2.75, 3.05) is 18.0 Å². The standard InChI is InChI=1S/C23H23F3N2O3S2/c1-2-16-3-5-17(6-4-16)21-15-32-22(27-21)28-13-11-20(12-14-28)33(29,30)19-9-7-18(8-10-19)31-23(24,25)26/h3-10,15,20H,2,11-14H2,1H3. The minimum atomic E-state index is -4.82. The molecule has 0 amide bonds. The maximum atomic E-state index is 13.0. The highest BCUT2D eigenvalue weighted by molar-refractivity contribution is 7.92. The minimum Gasteiger partial charge on any atom is -0.406 e. The normalized spacial score (nSPS) is 15.6. The summed E-state index contributed by atoms with van der Waals surface area (Å²) in [6.07, 6.45) is -3.00. The highest BCUT2D eigenvalue weighted by atomic mass is 32.2. The molecule has 1 aromatic heterocycles. The van der Waals surface area contributed by atoms with Crippen LogP contribution in [-0.4, -0.2) is 38.1 Å². The minimum absolute atomic E-state index is 0.00235. The smallest absolute Gasteiger partial charge is 0.406 e. The van der Waals surface area contributed by atoms with E-state index in [4.69, 9.17) is 4.98 Å². The van der Waals surface area contributed by atoms with Gasteiger partial charge < -0.3 is 9.64 Å². The number of aromatic nitrogens is 1. The highest BCUT2D eigenvalue weighted by Crippen LogP contribution is 2.32. The van der Waals surface area contributed by atoms with E-state index in [-0.39, 0.29) is 4.90 Å². The van der Waals surface area contributed by atoms with Gasteiger partial charge in [-0.1, -0.05) is 31.2 Å². The van der Waals surface area contributed by atoms with Crippen LogP contribution in [0.2, 0.25) is 0 Å². The Bertz CT molecular complexity index is 1180. The zero-order valence-corrected chi connectivity index (χ0v) is 19.5. The molecule has 0 spiro atoms. The molecule has 2 heterocycles. The predicted molar refractivity (Wildman–Crippen MR) is 122 cm³/mol. The molecule has 33 heavy (non-hydrogen) atoms. The maximum Gasteiger partial charge on any atom is 0.573 e. The first kappa shape index (κ1) is 23.6. The van der Waals surface area contributed by atoms with Crippen molar-refractivity contribution in [2.45, 2.75) is 42.7 Å². The lowest BCUT2D eigenvalue weighted by molar-refractivity contribution is -0.274. The molecule has 0 radical (unpaired) electrons. The molecular formula is C23H23F3N2O3S2. The predicted octanol–water partition coefficient (Wildman–Crippen LogP) is 5.71. The second-order valence-electron chi connectivity index (χ2n) is 7.82. The van der Waals surface area contributed by atoms with Gasteiger partial charge in [0.15, 0.2) is 15.0 Å². The molecule has 0 aliphatic carbocycles. The van der Waals surface area contributed by atoms with Gasteiger partial charge >= 0.3 is 6.36 Å². The summed E-state index contributed by atoms with van der Waals surface area (Å²) in [7, 11) is -3.65. The Morgan fingerprint density at radius 2 is 1.70 bits per heavy atom. The number of aryl methyl sites for hydroxylation is 1. The van der Waals surface area contributed by atoms with Gasteiger partial charge in [0.2, 0.25) is 0 Å². The van der Waals surface area contributed by atoms with E-state index in [1.54, 1.807) is 0 Å². The van der Waals surface area contributed by atoms with Crippen molar-refractivity contribution >= 4 is 26.3 Å². The van der Waals surface area contributed by atoms with Gasteiger partial charge in [0.25, 0.3) is 0 Å². The third-order valence-corrected chi connectivity index (χ3v) is 8.87. The number of nitrogens with zero attached hydrogens (tertiary/aromatic N) is 2. The van der Waals surface area contributed by atoms with E-state index >= 15 is 0 Å². The molecular weight excluding hydrogens is 473 g/mol. The molecule has 2 aromatic carbocycles. The Labute approximate surface area is 194 Å². The third-order valence-electron chi connectivity index (χ3n) is 5.69. The monoisotopic (exact) mass is 496 g/mol. The number of benzene rings is 2. The zero-order valence-electron chi connectivity index (χ0n) is 17.9. The van der Waals surface area contributed by atoms with Crippen LogP contribution in [0.3, 0.4) is 0 Å². The third kappa shape index (κ3) is 5.50. The molecule has 0 atom stereocenters. The van der Waals surface area contributed by atoms with E-state index in [9.17, 15) is 21.6 Å². The summed E-state index contributed by atoms with van der Waals surface area (Å²) in [5, 5.41) is 2.27. The van der Waals surface area contributed by atoms with E-state index < -0.39 is 27.2 Å². The first-order valence-corrected chi connectivity index (χ1v) is 13.0. The molecule has 1 aliphatic heterocycles. The largest absolute Gasteiger partial charge is 0.573 e. The van der Waals surface area contributed by atoms with Gasteiger partial charge in [-0.2, -0.15) is 0 Å². The van der Waals surface area contributed by atoms with Crippen LogP contribution in [0.5, 0.6) is 5.75 Å². The number of hydrogen-bond donors (Lipinski definition) is 0. The second-order valence-corrected chi connectivity index (χ2v) is 10.9. The number of piperidine rings is 1. The van der Waals surface area contributed by atoms with Crippen LogP contribution in [0.25, 0.3) is 11.3 Å². The van der Waals surface area contributed by atoms with Crippen molar-refractivity contribution in [2.24, 2.45) is 0 Å².